The molecule has 4 rings (SSSR count). The highest BCUT2D eigenvalue weighted by molar-refractivity contribution is 6.27. The van der Waals surface area contributed by atoms with E-state index in [1.54, 1.807) is 12.1 Å². The first-order valence-electron chi connectivity index (χ1n) is 10.1. The number of carbonyl (C=O) groups excluding carboxylic acids is 2. The van der Waals surface area contributed by atoms with Crippen LogP contribution < -0.4 is 16.0 Å². The normalized spacial score (nSPS) is 13.5. The van der Waals surface area contributed by atoms with Crippen molar-refractivity contribution in [2.75, 3.05) is 12.4 Å². The zero-order chi connectivity index (χ0) is 21.8. The summed E-state index contributed by atoms with van der Waals surface area (Å²) < 4.78 is 0. The molecule has 0 spiro atoms. The van der Waals surface area contributed by atoms with Crippen LogP contribution in [0.5, 0.6) is 0 Å². The van der Waals surface area contributed by atoms with E-state index in [2.05, 4.69) is 25.9 Å². The molecule has 160 valence electrons. The van der Waals surface area contributed by atoms with Crippen LogP contribution in [0, 0.1) is 5.41 Å². The Morgan fingerprint density at radius 1 is 1.23 bits per heavy atom. The van der Waals surface area contributed by atoms with E-state index in [9.17, 15) is 9.59 Å². The summed E-state index contributed by atoms with van der Waals surface area (Å²) in [7, 11) is 0. The lowest BCUT2D eigenvalue weighted by Crippen LogP contribution is -2.32. The first-order chi connectivity index (χ1) is 15.1. The van der Waals surface area contributed by atoms with Crippen LogP contribution in [-0.2, 0) is 6.54 Å². The number of amides is 2. The summed E-state index contributed by atoms with van der Waals surface area (Å²) in [6, 6.07) is 12.6. The van der Waals surface area contributed by atoms with Crippen LogP contribution in [0.4, 0.5) is 0 Å². The van der Waals surface area contributed by atoms with Crippen LogP contribution in [0.15, 0.2) is 42.5 Å². The van der Waals surface area contributed by atoms with Crippen LogP contribution in [-0.4, -0.2) is 40.0 Å². The Bertz CT molecular complexity index is 1110. The molecule has 0 aliphatic carbocycles. The van der Waals surface area contributed by atoms with Gasteiger partial charge in [-0.2, -0.15) is 0 Å². The number of H-pyrrole nitrogens is 1. The Morgan fingerprint density at radius 3 is 2.87 bits per heavy atom. The van der Waals surface area contributed by atoms with Gasteiger partial charge in [-0.25, -0.2) is 4.98 Å². The van der Waals surface area contributed by atoms with Crippen LogP contribution in [0.2, 0.25) is 0 Å². The van der Waals surface area contributed by atoms with Crippen molar-refractivity contribution in [3.63, 3.8) is 0 Å². The molecule has 0 saturated heterocycles. The van der Waals surface area contributed by atoms with E-state index in [0.29, 0.717) is 42.9 Å². The molecule has 1 aliphatic heterocycles. The SMILES string of the molecule is N=C(CCl)NCCC[C@H](NC(=O)c1cccc2c1C(=O)NC2)c1nc2ccccc2[nH]1. The van der Waals surface area contributed by atoms with Crippen molar-refractivity contribution in [1.82, 2.24) is 25.9 Å². The number of halogens is 1. The average molecular weight is 439 g/mol. The third kappa shape index (κ3) is 4.54. The Labute approximate surface area is 184 Å². The molecular weight excluding hydrogens is 416 g/mol. The molecule has 3 aromatic rings. The van der Waals surface area contributed by atoms with Gasteiger partial charge >= 0.3 is 0 Å². The maximum absolute atomic E-state index is 13.1. The lowest BCUT2D eigenvalue weighted by Gasteiger charge is -2.18. The van der Waals surface area contributed by atoms with Gasteiger partial charge in [0, 0.05) is 13.1 Å². The van der Waals surface area contributed by atoms with E-state index in [1.807, 2.05) is 30.3 Å². The molecule has 31 heavy (non-hydrogen) atoms. The Hall–Kier alpha value is -3.39. The van der Waals surface area contributed by atoms with Gasteiger partial charge in [0.15, 0.2) is 0 Å². The quantitative estimate of drug-likeness (QED) is 0.160. The van der Waals surface area contributed by atoms with Gasteiger partial charge in [0.25, 0.3) is 11.8 Å². The van der Waals surface area contributed by atoms with Gasteiger partial charge < -0.3 is 20.9 Å². The molecule has 2 heterocycles. The van der Waals surface area contributed by atoms with Gasteiger partial charge in [-0.15, -0.1) is 11.6 Å². The second kappa shape index (κ2) is 9.18. The Kier molecular flexibility index (Phi) is 6.18. The topological polar surface area (TPSA) is 123 Å². The number of carbonyl (C=O) groups is 2. The summed E-state index contributed by atoms with van der Waals surface area (Å²) >= 11 is 5.64. The minimum Gasteiger partial charge on any atom is -0.373 e. The maximum Gasteiger partial charge on any atom is 0.252 e. The number of nitrogens with zero attached hydrogens (tertiary/aromatic N) is 1. The third-order valence-electron chi connectivity index (χ3n) is 5.25. The molecule has 0 unspecified atom stereocenters. The van der Waals surface area contributed by atoms with Crippen LogP contribution in [0.25, 0.3) is 11.0 Å². The number of para-hydroxylation sites is 2. The largest absolute Gasteiger partial charge is 0.373 e. The lowest BCUT2D eigenvalue weighted by molar-refractivity contribution is 0.0912. The van der Waals surface area contributed by atoms with Gasteiger partial charge in [-0.3, -0.25) is 15.0 Å². The first kappa shape index (κ1) is 20.9. The van der Waals surface area contributed by atoms with Crippen LogP contribution in [0.3, 0.4) is 0 Å². The van der Waals surface area contributed by atoms with Crippen molar-refractivity contribution < 1.29 is 9.59 Å². The predicted molar refractivity (Wildman–Crippen MR) is 120 cm³/mol. The fourth-order valence-electron chi connectivity index (χ4n) is 3.71. The summed E-state index contributed by atoms with van der Waals surface area (Å²) in [6.07, 6.45) is 1.28. The molecule has 1 aromatic heterocycles. The van der Waals surface area contributed by atoms with Gasteiger partial charge in [0.05, 0.1) is 34.1 Å². The number of imidazole rings is 1. The number of fused-ring (bicyclic) bond motifs is 2. The molecule has 5 N–H and O–H groups in total. The number of alkyl halides is 1. The van der Waals surface area contributed by atoms with E-state index in [-0.39, 0.29) is 29.6 Å². The molecule has 2 aromatic carbocycles. The van der Waals surface area contributed by atoms with E-state index in [0.717, 1.165) is 16.6 Å². The van der Waals surface area contributed by atoms with Gasteiger partial charge in [0.1, 0.15) is 11.7 Å². The van der Waals surface area contributed by atoms with E-state index < -0.39 is 0 Å². The van der Waals surface area contributed by atoms with E-state index in [4.69, 9.17) is 17.0 Å². The Morgan fingerprint density at radius 2 is 2.06 bits per heavy atom. The van der Waals surface area contributed by atoms with Gasteiger partial charge in [-0.05, 0) is 36.6 Å². The molecule has 1 atom stereocenters. The molecule has 0 radical (unpaired) electrons. The summed E-state index contributed by atoms with van der Waals surface area (Å²) in [5.41, 5.74) is 3.32. The first-order valence-corrected chi connectivity index (χ1v) is 10.6. The Balaban J connectivity index is 1.55. The van der Waals surface area contributed by atoms with E-state index in [1.165, 1.54) is 0 Å². The molecule has 1 aliphatic rings. The van der Waals surface area contributed by atoms with Crippen molar-refractivity contribution in [2.24, 2.45) is 0 Å². The molecule has 0 bridgehead atoms. The maximum atomic E-state index is 13.1. The minimum atomic E-state index is -0.382. The summed E-state index contributed by atoms with van der Waals surface area (Å²) in [5.74, 6) is 0.492. The van der Waals surface area contributed by atoms with Crippen molar-refractivity contribution in [3.8, 4) is 0 Å². The predicted octanol–water partition coefficient (Wildman–Crippen LogP) is 2.86. The number of aromatic nitrogens is 2. The minimum absolute atomic E-state index is 0.130. The van der Waals surface area contributed by atoms with Crippen molar-refractivity contribution in [1.29, 1.82) is 5.41 Å². The van der Waals surface area contributed by atoms with Gasteiger partial charge in [-0.1, -0.05) is 24.3 Å². The number of amidine groups is 1. The number of nitrogens with one attached hydrogen (secondary N) is 5. The lowest BCUT2D eigenvalue weighted by atomic mass is 10.0. The highest BCUT2D eigenvalue weighted by atomic mass is 35.5. The zero-order valence-electron chi connectivity index (χ0n) is 16.8. The highest BCUT2D eigenvalue weighted by Gasteiger charge is 2.27. The average Bonchev–Trinajstić information content (AvgIpc) is 3.39. The van der Waals surface area contributed by atoms with Crippen molar-refractivity contribution in [3.05, 3.63) is 65.0 Å². The van der Waals surface area contributed by atoms with Crippen LogP contribution in [0.1, 0.15) is 51.0 Å². The second-order valence-electron chi connectivity index (χ2n) is 7.37. The molecular formula is C22H23ClN6O2. The number of hydrogen-bond donors (Lipinski definition) is 5. The molecule has 0 saturated carbocycles. The van der Waals surface area contributed by atoms with Crippen molar-refractivity contribution in [2.45, 2.75) is 25.4 Å². The monoisotopic (exact) mass is 438 g/mol. The number of rotatable bonds is 8. The van der Waals surface area contributed by atoms with E-state index >= 15 is 0 Å². The summed E-state index contributed by atoms with van der Waals surface area (Å²) in [4.78, 5) is 33.3. The smallest absolute Gasteiger partial charge is 0.252 e. The third-order valence-corrected chi connectivity index (χ3v) is 5.51. The van der Waals surface area contributed by atoms with Crippen molar-refractivity contribution >= 4 is 40.3 Å². The highest BCUT2D eigenvalue weighted by Crippen LogP contribution is 2.23. The summed E-state index contributed by atoms with van der Waals surface area (Å²) in [6.45, 7) is 0.988. The second-order valence-corrected chi connectivity index (χ2v) is 7.64. The van der Waals surface area contributed by atoms with Crippen LogP contribution >= 0.6 is 11.6 Å². The molecule has 9 heteroatoms. The fraction of sp³-hybridized carbons (Fsp3) is 0.273. The molecule has 0 fully saturated rings. The fourth-order valence-corrected chi connectivity index (χ4v) is 3.81. The summed E-state index contributed by atoms with van der Waals surface area (Å²) in [5, 5.41) is 16.4. The number of benzene rings is 2. The zero-order valence-corrected chi connectivity index (χ0v) is 17.6. The molecule has 2 amide bonds. The standard InChI is InChI=1S/C22H23ClN6O2/c23-11-18(24)25-10-4-9-17(20-27-15-7-1-2-8-16(15)28-20)29-21(30)14-6-3-5-13-12-26-22(31)19(13)14/h1-3,5-8,17H,4,9-12H2,(H2,24,25)(H,26,31)(H,27,28)(H,29,30)/t17-/m0/s1. The molecule has 8 nitrogen and oxygen atoms in total. The number of aromatic amines is 1. The number of hydrogen-bond acceptors (Lipinski definition) is 4. The van der Waals surface area contributed by atoms with Gasteiger partial charge in [0.2, 0.25) is 0 Å².